The van der Waals surface area contributed by atoms with Crippen molar-refractivity contribution in [2.45, 2.75) is 6.54 Å². The van der Waals surface area contributed by atoms with Gasteiger partial charge < -0.3 is 15.7 Å². The summed E-state index contributed by atoms with van der Waals surface area (Å²) in [5.74, 6) is -1.57. The van der Waals surface area contributed by atoms with Crippen LogP contribution in [0.3, 0.4) is 0 Å². The third-order valence-corrected chi connectivity index (χ3v) is 4.04. The summed E-state index contributed by atoms with van der Waals surface area (Å²) in [5.41, 5.74) is 3.03. The number of hydrogen-bond acceptors (Lipinski definition) is 6. The Kier molecular flexibility index (Phi) is 5.45. The fraction of sp³-hybridized carbons (Fsp3) is 0.188. The Morgan fingerprint density at radius 1 is 1.42 bits per heavy atom. The van der Waals surface area contributed by atoms with Crippen LogP contribution >= 0.6 is 15.9 Å². The Hall–Kier alpha value is -2.56. The summed E-state index contributed by atoms with van der Waals surface area (Å²) in [7, 11) is 0. The average molecular weight is 425 g/mol. The Labute approximate surface area is 155 Å². The van der Waals surface area contributed by atoms with Gasteiger partial charge in [0.15, 0.2) is 0 Å². The summed E-state index contributed by atoms with van der Waals surface area (Å²) in [6.45, 7) is -0.115. The van der Waals surface area contributed by atoms with Crippen molar-refractivity contribution in [1.29, 1.82) is 0 Å². The lowest BCUT2D eigenvalue weighted by Gasteiger charge is -2.13. The summed E-state index contributed by atoms with van der Waals surface area (Å²) in [6, 6.07) is 5.83. The Balaban J connectivity index is 1.97. The predicted molar refractivity (Wildman–Crippen MR) is 93.3 cm³/mol. The molecule has 4 N–H and O–H groups in total. The number of aliphatic hydroxyl groups excluding tert-OH is 1. The number of nitrogens with one attached hydrogen (secondary N) is 3. The molecule has 0 unspecified atom stereocenters. The highest BCUT2D eigenvalue weighted by Gasteiger charge is 2.26. The van der Waals surface area contributed by atoms with Crippen LogP contribution in [-0.2, 0) is 11.4 Å². The Morgan fingerprint density at radius 2 is 2.23 bits per heavy atom. The lowest BCUT2D eigenvalue weighted by atomic mass is 10.1. The second-order valence-electron chi connectivity index (χ2n) is 5.33. The van der Waals surface area contributed by atoms with E-state index in [1.54, 1.807) is 6.07 Å². The number of fused-ring (bicyclic) bond motifs is 1. The Bertz CT molecular complexity index is 878. The maximum absolute atomic E-state index is 14.1. The van der Waals surface area contributed by atoms with Crippen molar-refractivity contribution in [1.82, 2.24) is 15.8 Å². The van der Waals surface area contributed by atoms with E-state index in [0.29, 0.717) is 10.0 Å². The van der Waals surface area contributed by atoms with Crippen LogP contribution in [0.5, 0.6) is 0 Å². The van der Waals surface area contributed by atoms with Crippen LogP contribution in [0.25, 0.3) is 0 Å². The first kappa shape index (κ1) is 18.2. The molecule has 1 aromatic heterocycles. The molecule has 0 saturated heterocycles. The van der Waals surface area contributed by atoms with Crippen molar-refractivity contribution in [3.63, 3.8) is 0 Å². The number of halogens is 2. The monoisotopic (exact) mass is 424 g/mol. The summed E-state index contributed by atoms with van der Waals surface area (Å²) in [4.78, 5) is 33.2. The highest BCUT2D eigenvalue weighted by Crippen LogP contribution is 2.27. The molecule has 1 aromatic carbocycles. The first-order chi connectivity index (χ1) is 12.5. The molecule has 1 aliphatic heterocycles. The largest absolute Gasteiger partial charge is 0.394 e. The number of carbonyl (C=O) groups excluding carboxylic acids is 2. The van der Waals surface area contributed by atoms with E-state index in [0.717, 1.165) is 0 Å². The lowest BCUT2D eigenvalue weighted by molar-refractivity contribution is 0.0168. The zero-order valence-electron chi connectivity index (χ0n) is 13.3. The van der Waals surface area contributed by atoms with E-state index in [-0.39, 0.29) is 48.4 Å². The molecule has 0 atom stereocenters. The molecule has 2 heterocycles. The third kappa shape index (κ3) is 3.82. The summed E-state index contributed by atoms with van der Waals surface area (Å²) >= 11 is 3.17. The molecule has 26 heavy (non-hydrogen) atoms. The molecule has 10 heteroatoms. The minimum Gasteiger partial charge on any atom is -0.394 e. The van der Waals surface area contributed by atoms with Gasteiger partial charge >= 0.3 is 0 Å². The number of aliphatic hydroxyl groups is 1. The first-order valence-electron chi connectivity index (χ1n) is 7.56. The second kappa shape index (κ2) is 7.77. The van der Waals surface area contributed by atoms with Gasteiger partial charge in [0.1, 0.15) is 17.3 Å². The van der Waals surface area contributed by atoms with E-state index in [9.17, 15) is 14.0 Å². The minimum atomic E-state index is -0.645. The molecule has 3 rings (SSSR count). The standard InChI is InChI=1S/C16H14BrFN4O4/c17-9-1-2-12(11(18)6-9)20-14-10(15(24)22-26-4-3-23)5-8-7-19-16(25)13(8)21-14/h1-2,5-6,23H,3-4,7H2,(H,19,25)(H,20,21)(H,22,24). The van der Waals surface area contributed by atoms with Gasteiger partial charge in [0.05, 0.1) is 24.5 Å². The van der Waals surface area contributed by atoms with Crippen molar-refractivity contribution < 1.29 is 23.9 Å². The molecule has 136 valence electrons. The van der Waals surface area contributed by atoms with Gasteiger partial charge in [-0.05, 0) is 24.3 Å². The molecule has 0 saturated carbocycles. The second-order valence-corrected chi connectivity index (χ2v) is 6.24. The van der Waals surface area contributed by atoms with Gasteiger partial charge in [0.25, 0.3) is 11.8 Å². The van der Waals surface area contributed by atoms with Crippen molar-refractivity contribution in [2.24, 2.45) is 0 Å². The van der Waals surface area contributed by atoms with Gasteiger partial charge in [-0.2, -0.15) is 0 Å². The molecule has 0 fully saturated rings. The molecule has 2 amide bonds. The number of benzene rings is 1. The van der Waals surface area contributed by atoms with Gasteiger partial charge in [-0.3, -0.25) is 14.4 Å². The number of aromatic nitrogens is 1. The van der Waals surface area contributed by atoms with E-state index in [4.69, 9.17) is 9.94 Å². The van der Waals surface area contributed by atoms with Crippen LogP contribution in [0.2, 0.25) is 0 Å². The summed E-state index contributed by atoms with van der Waals surface area (Å²) < 4.78 is 14.7. The highest BCUT2D eigenvalue weighted by atomic mass is 79.9. The van der Waals surface area contributed by atoms with E-state index < -0.39 is 11.7 Å². The number of pyridine rings is 1. The summed E-state index contributed by atoms with van der Waals surface area (Å²) in [6.07, 6.45) is 0. The maximum Gasteiger partial charge on any atom is 0.278 e. The normalized spacial score (nSPS) is 12.5. The Morgan fingerprint density at radius 3 is 2.96 bits per heavy atom. The van der Waals surface area contributed by atoms with E-state index in [1.807, 2.05) is 0 Å². The van der Waals surface area contributed by atoms with Crippen LogP contribution in [0.1, 0.15) is 26.4 Å². The smallest absolute Gasteiger partial charge is 0.278 e. The zero-order valence-corrected chi connectivity index (χ0v) is 14.9. The lowest BCUT2D eigenvalue weighted by Crippen LogP contribution is -2.26. The molecule has 0 radical (unpaired) electrons. The number of carbonyl (C=O) groups is 2. The zero-order chi connectivity index (χ0) is 18.7. The number of anilines is 2. The number of rotatable bonds is 6. The number of nitrogens with zero attached hydrogens (tertiary/aromatic N) is 1. The fourth-order valence-electron chi connectivity index (χ4n) is 2.35. The molecule has 0 bridgehead atoms. The van der Waals surface area contributed by atoms with Crippen molar-refractivity contribution >= 4 is 39.2 Å². The van der Waals surface area contributed by atoms with Crippen LogP contribution in [0.15, 0.2) is 28.7 Å². The van der Waals surface area contributed by atoms with Gasteiger partial charge in [-0.25, -0.2) is 14.9 Å². The van der Waals surface area contributed by atoms with E-state index >= 15 is 0 Å². The van der Waals surface area contributed by atoms with Crippen LogP contribution in [0, 0.1) is 5.82 Å². The van der Waals surface area contributed by atoms with Gasteiger partial charge in [-0.1, -0.05) is 15.9 Å². The number of hydroxylamine groups is 1. The van der Waals surface area contributed by atoms with E-state index in [2.05, 4.69) is 37.0 Å². The number of amides is 2. The van der Waals surface area contributed by atoms with Crippen LogP contribution in [0.4, 0.5) is 15.9 Å². The molecular formula is C16H14BrFN4O4. The van der Waals surface area contributed by atoms with E-state index in [1.165, 1.54) is 18.2 Å². The van der Waals surface area contributed by atoms with Crippen LogP contribution in [-0.4, -0.2) is 35.1 Å². The van der Waals surface area contributed by atoms with Gasteiger partial charge in [0.2, 0.25) is 0 Å². The molecule has 1 aliphatic rings. The van der Waals surface area contributed by atoms with Gasteiger partial charge in [-0.15, -0.1) is 0 Å². The molecule has 0 aliphatic carbocycles. The average Bonchev–Trinajstić information content (AvgIpc) is 2.97. The fourth-order valence-corrected chi connectivity index (χ4v) is 2.68. The van der Waals surface area contributed by atoms with Gasteiger partial charge in [0, 0.05) is 16.6 Å². The van der Waals surface area contributed by atoms with Crippen molar-refractivity contribution in [3.8, 4) is 0 Å². The van der Waals surface area contributed by atoms with Crippen molar-refractivity contribution in [2.75, 3.05) is 18.5 Å². The highest BCUT2D eigenvalue weighted by molar-refractivity contribution is 9.10. The maximum atomic E-state index is 14.1. The first-order valence-corrected chi connectivity index (χ1v) is 8.36. The third-order valence-electron chi connectivity index (χ3n) is 3.54. The molecule has 2 aromatic rings. The SMILES string of the molecule is O=C(NOCCO)c1cc2c(nc1Nc1ccc(Br)cc1F)C(=O)NC2. The quantitative estimate of drug-likeness (QED) is 0.414. The van der Waals surface area contributed by atoms with Crippen molar-refractivity contribution in [3.05, 3.63) is 51.4 Å². The summed E-state index contributed by atoms with van der Waals surface area (Å²) in [5, 5.41) is 14.1. The molecule has 8 nitrogen and oxygen atoms in total. The minimum absolute atomic E-state index is 0.00659. The molecule has 0 spiro atoms. The topological polar surface area (TPSA) is 113 Å². The molecular weight excluding hydrogens is 411 g/mol. The number of hydrogen-bond donors (Lipinski definition) is 4. The predicted octanol–water partition coefficient (Wildman–Crippen LogP) is 1.62. The van der Waals surface area contributed by atoms with Crippen LogP contribution < -0.4 is 16.1 Å².